The van der Waals surface area contributed by atoms with Crippen molar-refractivity contribution in [2.24, 2.45) is 11.7 Å². The van der Waals surface area contributed by atoms with Crippen molar-refractivity contribution in [3.05, 3.63) is 71.3 Å². The van der Waals surface area contributed by atoms with Gasteiger partial charge in [0.25, 0.3) is 0 Å². The SMILES string of the molecule is CC[C@H](C)c1ccc([C@@H](N[C@H](C(=O)NC(N)=O)c2ccccc2)C(C)C)cc1. The number of imide groups is 1. The molecule has 3 amide bonds. The van der Waals surface area contributed by atoms with Crippen LogP contribution in [0.25, 0.3) is 0 Å². The van der Waals surface area contributed by atoms with E-state index in [-0.39, 0.29) is 12.0 Å². The Hall–Kier alpha value is -2.66. The molecule has 2 aromatic carbocycles. The van der Waals surface area contributed by atoms with Gasteiger partial charge in [-0.3, -0.25) is 15.4 Å². The molecule has 0 aromatic heterocycles. The van der Waals surface area contributed by atoms with Crippen molar-refractivity contribution in [3.8, 4) is 0 Å². The van der Waals surface area contributed by atoms with Gasteiger partial charge in [0.15, 0.2) is 0 Å². The molecule has 4 N–H and O–H groups in total. The van der Waals surface area contributed by atoms with Crippen molar-refractivity contribution in [2.45, 2.75) is 52.1 Å². The van der Waals surface area contributed by atoms with Gasteiger partial charge < -0.3 is 5.73 Å². The van der Waals surface area contributed by atoms with Crippen molar-refractivity contribution >= 4 is 11.9 Å². The Balaban J connectivity index is 2.32. The summed E-state index contributed by atoms with van der Waals surface area (Å²) in [5, 5.41) is 5.64. The molecular weight excluding hydrogens is 350 g/mol. The predicted octanol–water partition coefficient (Wildman–Crippen LogP) is 4.42. The summed E-state index contributed by atoms with van der Waals surface area (Å²) < 4.78 is 0. The van der Waals surface area contributed by atoms with E-state index < -0.39 is 18.0 Å². The fraction of sp³-hybridized carbons (Fsp3) is 0.391. The molecule has 0 heterocycles. The third-order valence-electron chi connectivity index (χ3n) is 5.13. The Kier molecular flexibility index (Phi) is 7.76. The van der Waals surface area contributed by atoms with Crippen LogP contribution in [-0.4, -0.2) is 11.9 Å². The maximum absolute atomic E-state index is 12.7. The van der Waals surface area contributed by atoms with Crippen molar-refractivity contribution in [1.82, 2.24) is 10.6 Å². The molecule has 0 unspecified atom stereocenters. The largest absolute Gasteiger partial charge is 0.351 e. The van der Waals surface area contributed by atoms with E-state index in [4.69, 9.17) is 5.73 Å². The van der Waals surface area contributed by atoms with Crippen LogP contribution in [0, 0.1) is 5.92 Å². The minimum atomic E-state index is -0.855. The quantitative estimate of drug-likeness (QED) is 0.633. The molecule has 2 rings (SSSR count). The zero-order chi connectivity index (χ0) is 20.7. The maximum atomic E-state index is 12.7. The predicted molar refractivity (Wildman–Crippen MR) is 113 cm³/mol. The molecule has 28 heavy (non-hydrogen) atoms. The van der Waals surface area contributed by atoms with Gasteiger partial charge in [-0.05, 0) is 34.9 Å². The molecule has 0 aliphatic carbocycles. The van der Waals surface area contributed by atoms with Crippen LogP contribution in [0.5, 0.6) is 0 Å². The molecule has 0 spiro atoms. The highest BCUT2D eigenvalue weighted by Gasteiger charge is 2.27. The van der Waals surface area contributed by atoms with Gasteiger partial charge in [0.05, 0.1) is 0 Å². The fourth-order valence-electron chi connectivity index (χ4n) is 3.28. The zero-order valence-corrected chi connectivity index (χ0v) is 17.1. The fourth-order valence-corrected chi connectivity index (χ4v) is 3.28. The molecule has 0 aliphatic rings. The van der Waals surface area contributed by atoms with Crippen molar-refractivity contribution in [2.75, 3.05) is 0 Å². The number of carbonyl (C=O) groups excluding carboxylic acids is 2. The lowest BCUT2D eigenvalue weighted by Crippen LogP contribution is -2.44. The Morgan fingerprint density at radius 2 is 1.46 bits per heavy atom. The van der Waals surface area contributed by atoms with E-state index in [1.165, 1.54) is 5.56 Å². The van der Waals surface area contributed by atoms with E-state index in [2.05, 4.69) is 62.6 Å². The molecule has 5 heteroatoms. The van der Waals surface area contributed by atoms with Crippen LogP contribution < -0.4 is 16.4 Å². The van der Waals surface area contributed by atoms with Crippen LogP contribution >= 0.6 is 0 Å². The maximum Gasteiger partial charge on any atom is 0.318 e. The first-order valence-electron chi connectivity index (χ1n) is 9.84. The van der Waals surface area contributed by atoms with Gasteiger partial charge in [0, 0.05) is 6.04 Å². The van der Waals surface area contributed by atoms with E-state index in [1.54, 1.807) is 0 Å². The molecule has 0 bridgehead atoms. The average Bonchev–Trinajstić information content (AvgIpc) is 2.68. The van der Waals surface area contributed by atoms with Crippen LogP contribution in [-0.2, 0) is 4.79 Å². The summed E-state index contributed by atoms with van der Waals surface area (Å²) in [5.41, 5.74) is 8.36. The minimum absolute atomic E-state index is 0.0604. The molecule has 150 valence electrons. The summed E-state index contributed by atoms with van der Waals surface area (Å²) >= 11 is 0. The first kappa shape index (κ1) is 21.6. The monoisotopic (exact) mass is 381 g/mol. The Labute approximate surface area is 167 Å². The van der Waals surface area contributed by atoms with Crippen molar-refractivity contribution in [1.29, 1.82) is 0 Å². The molecule has 5 nitrogen and oxygen atoms in total. The summed E-state index contributed by atoms with van der Waals surface area (Å²) in [6, 6.07) is 16.3. The Morgan fingerprint density at radius 3 is 1.96 bits per heavy atom. The third-order valence-corrected chi connectivity index (χ3v) is 5.13. The number of nitrogens with two attached hydrogens (primary N) is 1. The van der Waals surface area contributed by atoms with Crippen LogP contribution in [0.3, 0.4) is 0 Å². The number of carbonyl (C=O) groups is 2. The number of rotatable bonds is 8. The van der Waals surface area contributed by atoms with Gasteiger partial charge >= 0.3 is 6.03 Å². The number of hydrogen-bond acceptors (Lipinski definition) is 3. The van der Waals surface area contributed by atoms with Crippen molar-refractivity contribution in [3.63, 3.8) is 0 Å². The third kappa shape index (κ3) is 5.67. The first-order chi connectivity index (χ1) is 13.3. The summed E-state index contributed by atoms with van der Waals surface area (Å²) in [6.45, 7) is 8.61. The van der Waals surface area contributed by atoms with Crippen LogP contribution in [0.4, 0.5) is 4.79 Å². The average molecular weight is 382 g/mol. The number of urea groups is 1. The van der Waals surface area contributed by atoms with E-state index in [0.717, 1.165) is 17.5 Å². The van der Waals surface area contributed by atoms with Crippen molar-refractivity contribution < 1.29 is 9.59 Å². The second-order valence-corrected chi connectivity index (χ2v) is 7.56. The molecule has 0 radical (unpaired) electrons. The Morgan fingerprint density at radius 1 is 0.893 bits per heavy atom. The minimum Gasteiger partial charge on any atom is -0.351 e. The molecule has 0 fully saturated rings. The van der Waals surface area contributed by atoms with Gasteiger partial charge in [-0.15, -0.1) is 0 Å². The first-order valence-corrected chi connectivity index (χ1v) is 9.84. The lowest BCUT2D eigenvalue weighted by molar-refractivity contribution is -0.122. The van der Waals surface area contributed by atoms with Gasteiger partial charge in [-0.2, -0.15) is 0 Å². The van der Waals surface area contributed by atoms with Gasteiger partial charge in [-0.1, -0.05) is 82.3 Å². The molecule has 3 atom stereocenters. The second-order valence-electron chi connectivity index (χ2n) is 7.56. The topological polar surface area (TPSA) is 84.2 Å². The van der Waals surface area contributed by atoms with E-state index in [0.29, 0.717) is 5.92 Å². The standard InChI is InChI=1S/C23H31N3O2/c1-5-16(4)17-11-13-19(14-12-17)20(15(2)3)25-21(22(27)26-23(24)28)18-9-7-6-8-10-18/h6-16,20-21,25H,5H2,1-4H3,(H3,24,26,27,28)/t16-,20-,21-/m0/s1. The lowest BCUT2D eigenvalue weighted by atomic mass is 9.91. The molecule has 2 aromatic rings. The number of amides is 3. The van der Waals surface area contributed by atoms with E-state index in [1.807, 2.05) is 30.3 Å². The number of benzene rings is 2. The van der Waals surface area contributed by atoms with Gasteiger partial charge in [0.2, 0.25) is 5.91 Å². The highest BCUT2D eigenvalue weighted by Crippen LogP contribution is 2.28. The molecule has 0 saturated carbocycles. The summed E-state index contributed by atoms with van der Waals surface area (Å²) in [7, 11) is 0. The second kappa shape index (κ2) is 10.0. The summed E-state index contributed by atoms with van der Waals surface area (Å²) in [6.07, 6.45) is 1.09. The van der Waals surface area contributed by atoms with Gasteiger partial charge in [0.1, 0.15) is 6.04 Å². The number of primary amides is 1. The highest BCUT2D eigenvalue weighted by molar-refractivity contribution is 5.96. The smallest absolute Gasteiger partial charge is 0.318 e. The summed E-state index contributed by atoms with van der Waals surface area (Å²) in [4.78, 5) is 23.9. The highest BCUT2D eigenvalue weighted by atomic mass is 16.2. The van der Waals surface area contributed by atoms with Gasteiger partial charge in [-0.25, -0.2) is 4.79 Å². The van der Waals surface area contributed by atoms with E-state index >= 15 is 0 Å². The number of hydrogen-bond donors (Lipinski definition) is 3. The Bertz CT molecular complexity index is 772. The summed E-state index contributed by atoms with van der Waals surface area (Å²) in [5.74, 6) is 0.292. The molecule has 0 aliphatic heterocycles. The van der Waals surface area contributed by atoms with Crippen LogP contribution in [0.1, 0.15) is 68.8 Å². The van der Waals surface area contributed by atoms with E-state index in [9.17, 15) is 9.59 Å². The number of nitrogens with one attached hydrogen (secondary N) is 2. The zero-order valence-electron chi connectivity index (χ0n) is 17.1. The lowest BCUT2D eigenvalue weighted by Gasteiger charge is -2.28. The molecule has 0 saturated heterocycles. The van der Waals surface area contributed by atoms with Crippen LogP contribution in [0.15, 0.2) is 54.6 Å². The molecular formula is C23H31N3O2. The normalized spacial score (nSPS) is 14.3. The van der Waals surface area contributed by atoms with Crippen LogP contribution in [0.2, 0.25) is 0 Å².